The predicted molar refractivity (Wildman–Crippen MR) is 112 cm³/mol. The number of aromatic nitrogens is 2. The Bertz CT molecular complexity index is 1050. The van der Waals surface area contributed by atoms with E-state index in [-0.39, 0.29) is 25.5 Å². The maximum Gasteiger partial charge on any atom is 0.410 e. The Morgan fingerprint density at radius 2 is 2.10 bits per heavy atom. The summed E-state index contributed by atoms with van der Waals surface area (Å²) in [6.07, 6.45) is -0.518. The van der Waals surface area contributed by atoms with Crippen molar-refractivity contribution >= 4 is 28.6 Å². The summed E-state index contributed by atoms with van der Waals surface area (Å²) >= 11 is 1.22. The highest BCUT2D eigenvalue weighted by molar-refractivity contribution is 7.13. The van der Waals surface area contributed by atoms with Crippen molar-refractivity contribution in [3.63, 3.8) is 0 Å². The zero-order valence-electron chi connectivity index (χ0n) is 17.3. The third-order valence-electron chi connectivity index (χ3n) is 4.43. The summed E-state index contributed by atoms with van der Waals surface area (Å²) in [6, 6.07) is 5.51. The average molecular weight is 447 g/mol. The van der Waals surface area contributed by atoms with Crippen LogP contribution in [0.3, 0.4) is 0 Å². The normalized spacial score (nSPS) is 10.6. The Kier molecular flexibility index (Phi) is 7.19. The minimum absolute atomic E-state index is 0.176. The van der Waals surface area contributed by atoms with Crippen molar-refractivity contribution in [1.82, 2.24) is 20.4 Å². The van der Waals surface area contributed by atoms with E-state index in [1.807, 2.05) is 0 Å². The molecule has 0 atom stereocenters. The maximum atomic E-state index is 13.2. The van der Waals surface area contributed by atoms with Crippen LogP contribution in [0, 0.1) is 19.7 Å². The first kappa shape index (κ1) is 22.2. The minimum Gasteiger partial charge on any atom is -0.453 e. The first-order valence-electron chi connectivity index (χ1n) is 9.34. The molecule has 3 aromatic rings. The van der Waals surface area contributed by atoms with Gasteiger partial charge in [0.25, 0.3) is 0 Å². The van der Waals surface area contributed by atoms with Crippen LogP contribution >= 0.6 is 11.3 Å². The summed E-state index contributed by atoms with van der Waals surface area (Å²) in [7, 11) is 1.31. The molecule has 0 radical (unpaired) electrons. The number of amides is 3. The number of carbonyl (C=O) groups is 2. The predicted octanol–water partition coefficient (Wildman–Crippen LogP) is 3.98. The Morgan fingerprint density at radius 3 is 2.77 bits per heavy atom. The number of rotatable bonds is 7. The van der Waals surface area contributed by atoms with Gasteiger partial charge in [-0.3, -0.25) is 10.2 Å². The minimum atomic E-state index is -0.518. The molecule has 164 valence electrons. The SMILES string of the molecule is COC(=O)N(Cc1csc(NC(=O)NCc2cccc(F)c2)n1)Cc1c(C)noc1C. The number of nitrogens with zero attached hydrogens (tertiary/aromatic N) is 3. The lowest BCUT2D eigenvalue weighted by molar-refractivity contribution is 0.117. The summed E-state index contributed by atoms with van der Waals surface area (Å²) in [5.74, 6) is 0.262. The largest absolute Gasteiger partial charge is 0.453 e. The maximum absolute atomic E-state index is 13.2. The molecule has 0 aliphatic carbocycles. The molecule has 0 spiro atoms. The number of anilines is 1. The third-order valence-corrected chi connectivity index (χ3v) is 5.24. The number of methoxy groups -OCH3 is 1. The van der Waals surface area contributed by atoms with Gasteiger partial charge in [-0.1, -0.05) is 17.3 Å². The topological polar surface area (TPSA) is 110 Å². The van der Waals surface area contributed by atoms with Gasteiger partial charge in [0.1, 0.15) is 11.6 Å². The van der Waals surface area contributed by atoms with Crippen LogP contribution in [-0.2, 0) is 24.4 Å². The second-order valence-corrected chi connectivity index (χ2v) is 7.57. The molecule has 9 nitrogen and oxygen atoms in total. The van der Waals surface area contributed by atoms with E-state index < -0.39 is 12.1 Å². The zero-order chi connectivity index (χ0) is 22.4. The highest BCUT2D eigenvalue weighted by Crippen LogP contribution is 2.20. The number of ether oxygens (including phenoxy) is 1. The number of benzene rings is 1. The summed E-state index contributed by atoms with van der Waals surface area (Å²) in [5.41, 5.74) is 2.73. The van der Waals surface area contributed by atoms with Gasteiger partial charge in [-0.15, -0.1) is 11.3 Å². The molecule has 0 saturated heterocycles. The van der Waals surface area contributed by atoms with Crippen LogP contribution in [0.4, 0.5) is 19.1 Å². The van der Waals surface area contributed by atoms with Gasteiger partial charge in [0.2, 0.25) is 0 Å². The number of nitrogens with one attached hydrogen (secondary N) is 2. The summed E-state index contributed by atoms with van der Waals surface area (Å²) in [4.78, 5) is 30.1. The van der Waals surface area contributed by atoms with Crippen molar-refractivity contribution in [2.24, 2.45) is 0 Å². The van der Waals surface area contributed by atoms with Crippen molar-refractivity contribution in [1.29, 1.82) is 0 Å². The van der Waals surface area contributed by atoms with E-state index in [9.17, 15) is 14.0 Å². The molecule has 31 heavy (non-hydrogen) atoms. The second kappa shape index (κ2) is 10.0. The lowest BCUT2D eigenvalue weighted by atomic mass is 10.2. The Morgan fingerprint density at radius 1 is 1.29 bits per heavy atom. The lowest BCUT2D eigenvalue weighted by Crippen LogP contribution is -2.30. The van der Waals surface area contributed by atoms with Gasteiger partial charge in [-0.25, -0.2) is 19.0 Å². The first-order chi connectivity index (χ1) is 14.9. The van der Waals surface area contributed by atoms with Crippen molar-refractivity contribution in [3.05, 3.63) is 63.7 Å². The molecule has 0 fully saturated rings. The van der Waals surface area contributed by atoms with E-state index in [4.69, 9.17) is 9.26 Å². The number of halogens is 1. The monoisotopic (exact) mass is 447 g/mol. The molecular weight excluding hydrogens is 425 g/mol. The second-order valence-electron chi connectivity index (χ2n) is 6.71. The number of hydrogen-bond acceptors (Lipinski definition) is 7. The molecular formula is C20H22FN5O4S. The Hall–Kier alpha value is -3.47. The Labute approximate surface area is 182 Å². The van der Waals surface area contributed by atoms with Crippen LogP contribution < -0.4 is 10.6 Å². The highest BCUT2D eigenvalue weighted by Gasteiger charge is 2.21. The smallest absolute Gasteiger partial charge is 0.410 e. The van der Waals surface area contributed by atoms with Crippen LogP contribution in [-0.4, -0.2) is 34.3 Å². The van der Waals surface area contributed by atoms with E-state index in [0.717, 1.165) is 5.56 Å². The molecule has 1 aromatic carbocycles. The van der Waals surface area contributed by atoms with E-state index in [2.05, 4.69) is 20.8 Å². The molecule has 0 bridgehead atoms. The van der Waals surface area contributed by atoms with Crippen molar-refractivity contribution in [2.45, 2.75) is 33.5 Å². The number of carbonyl (C=O) groups excluding carboxylic acids is 2. The van der Waals surface area contributed by atoms with Gasteiger partial charge in [-0.05, 0) is 31.5 Å². The van der Waals surface area contributed by atoms with Crippen LogP contribution in [0.2, 0.25) is 0 Å². The van der Waals surface area contributed by atoms with Crippen LogP contribution in [0.15, 0.2) is 34.2 Å². The summed E-state index contributed by atoms with van der Waals surface area (Å²) < 4.78 is 23.2. The molecule has 0 aliphatic rings. The fourth-order valence-electron chi connectivity index (χ4n) is 2.84. The van der Waals surface area contributed by atoms with E-state index in [0.29, 0.717) is 27.8 Å². The van der Waals surface area contributed by atoms with Gasteiger partial charge < -0.3 is 14.6 Å². The lowest BCUT2D eigenvalue weighted by Gasteiger charge is -2.20. The van der Waals surface area contributed by atoms with Crippen LogP contribution in [0.5, 0.6) is 0 Å². The van der Waals surface area contributed by atoms with E-state index in [1.165, 1.54) is 35.5 Å². The molecule has 2 N–H and O–H groups in total. The molecule has 11 heteroatoms. The van der Waals surface area contributed by atoms with Gasteiger partial charge in [0.05, 0.1) is 31.6 Å². The number of urea groups is 1. The first-order valence-corrected chi connectivity index (χ1v) is 10.2. The molecule has 3 amide bonds. The zero-order valence-corrected chi connectivity index (χ0v) is 18.1. The number of aryl methyl sites for hydroxylation is 2. The third kappa shape index (κ3) is 6.01. The fraction of sp³-hybridized carbons (Fsp3) is 0.300. The van der Waals surface area contributed by atoms with Crippen LogP contribution in [0.25, 0.3) is 0 Å². The number of hydrogen-bond donors (Lipinski definition) is 2. The fourth-order valence-corrected chi connectivity index (χ4v) is 3.53. The average Bonchev–Trinajstić information content (AvgIpc) is 3.32. The van der Waals surface area contributed by atoms with Crippen molar-refractivity contribution in [2.75, 3.05) is 12.4 Å². The van der Waals surface area contributed by atoms with Gasteiger partial charge in [0.15, 0.2) is 5.13 Å². The van der Waals surface area contributed by atoms with Gasteiger partial charge in [0, 0.05) is 17.5 Å². The highest BCUT2D eigenvalue weighted by atomic mass is 32.1. The van der Waals surface area contributed by atoms with Crippen LogP contribution in [0.1, 0.15) is 28.3 Å². The van der Waals surface area contributed by atoms with Gasteiger partial charge in [-0.2, -0.15) is 0 Å². The van der Waals surface area contributed by atoms with E-state index in [1.54, 1.807) is 31.4 Å². The van der Waals surface area contributed by atoms with Crippen molar-refractivity contribution in [3.8, 4) is 0 Å². The standard InChI is InChI=1S/C20H22FN5O4S/c1-12-17(13(2)30-25-12)10-26(20(28)29-3)9-16-11-31-19(23-16)24-18(27)22-8-14-5-4-6-15(21)7-14/h4-7,11H,8-10H2,1-3H3,(H2,22,23,24,27). The number of thiazole rings is 1. The molecule has 2 aromatic heterocycles. The Balaban J connectivity index is 1.59. The quantitative estimate of drug-likeness (QED) is 0.567. The summed E-state index contributed by atoms with van der Waals surface area (Å²) in [5, 5.41) is 11.3. The van der Waals surface area contributed by atoms with E-state index >= 15 is 0 Å². The van der Waals surface area contributed by atoms with Gasteiger partial charge >= 0.3 is 12.1 Å². The van der Waals surface area contributed by atoms with Crippen molar-refractivity contribution < 1.29 is 23.2 Å². The molecule has 2 heterocycles. The molecule has 0 saturated carbocycles. The molecule has 0 unspecified atom stereocenters. The molecule has 0 aliphatic heterocycles. The summed E-state index contributed by atoms with van der Waals surface area (Å²) in [6.45, 7) is 4.18. The molecule has 3 rings (SSSR count).